The molecule has 2 rings (SSSR count). The van der Waals surface area contributed by atoms with E-state index in [1.54, 1.807) is 6.07 Å². The third-order valence-electron chi connectivity index (χ3n) is 4.51. The fourth-order valence-electron chi connectivity index (χ4n) is 3.20. The van der Waals surface area contributed by atoms with E-state index in [0.717, 1.165) is 23.6 Å². The second-order valence-electron chi connectivity index (χ2n) is 6.06. The van der Waals surface area contributed by atoms with Crippen LogP contribution in [0.2, 0.25) is 0 Å². The standard InChI is InChI=1S/C17H26FN/c1-4-19-17(14-8-5-12(2)6-9-14)15-10-7-13(3)16(18)11-15/h7,10-12,14,17,19H,4-6,8-9H2,1-3H3. The predicted octanol–water partition coefficient (Wildman–Crippen LogP) is 4.61. The Hall–Kier alpha value is -0.890. The molecular weight excluding hydrogens is 237 g/mol. The molecule has 0 radical (unpaired) electrons. The Balaban J connectivity index is 2.16. The fraction of sp³-hybridized carbons (Fsp3) is 0.647. The van der Waals surface area contributed by atoms with Gasteiger partial charge in [-0.1, -0.05) is 38.8 Å². The molecular formula is C17H26FN. The number of benzene rings is 1. The van der Waals surface area contributed by atoms with Crippen molar-refractivity contribution in [3.8, 4) is 0 Å². The minimum atomic E-state index is -0.0791. The number of hydrogen-bond acceptors (Lipinski definition) is 1. The first kappa shape index (κ1) is 14.5. The Morgan fingerprint density at radius 1 is 1.26 bits per heavy atom. The SMILES string of the molecule is CCNC(c1ccc(C)c(F)c1)C1CCC(C)CC1. The highest BCUT2D eigenvalue weighted by Gasteiger charge is 2.26. The molecule has 1 aromatic carbocycles. The topological polar surface area (TPSA) is 12.0 Å². The highest BCUT2D eigenvalue weighted by molar-refractivity contribution is 5.26. The summed E-state index contributed by atoms with van der Waals surface area (Å²) in [5.41, 5.74) is 1.85. The van der Waals surface area contributed by atoms with E-state index in [0.29, 0.717) is 12.0 Å². The highest BCUT2D eigenvalue weighted by atomic mass is 19.1. The van der Waals surface area contributed by atoms with Crippen molar-refractivity contribution in [3.63, 3.8) is 0 Å². The minimum absolute atomic E-state index is 0.0791. The lowest BCUT2D eigenvalue weighted by Gasteiger charge is -2.33. The second kappa shape index (κ2) is 6.51. The predicted molar refractivity (Wildman–Crippen MR) is 78.7 cm³/mol. The second-order valence-corrected chi connectivity index (χ2v) is 6.06. The van der Waals surface area contributed by atoms with Gasteiger partial charge < -0.3 is 5.32 Å². The summed E-state index contributed by atoms with van der Waals surface area (Å²) in [6.07, 6.45) is 5.13. The lowest BCUT2D eigenvalue weighted by molar-refractivity contribution is 0.233. The van der Waals surface area contributed by atoms with Crippen molar-refractivity contribution in [1.82, 2.24) is 5.32 Å². The van der Waals surface area contributed by atoms with Crippen molar-refractivity contribution < 1.29 is 4.39 Å². The van der Waals surface area contributed by atoms with Crippen molar-refractivity contribution in [2.75, 3.05) is 6.54 Å². The normalized spacial score (nSPS) is 25.3. The van der Waals surface area contributed by atoms with Crippen molar-refractivity contribution in [2.45, 2.75) is 52.5 Å². The summed E-state index contributed by atoms with van der Waals surface area (Å²) in [6, 6.07) is 6.03. The molecule has 0 aliphatic heterocycles. The quantitative estimate of drug-likeness (QED) is 0.836. The van der Waals surface area contributed by atoms with Crippen LogP contribution in [-0.4, -0.2) is 6.54 Å². The molecule has 1 aromatic rings. The van der Waals surface area contributed by atoms with Crippen LogP contribution in [0.4, 0.5) is 4.39 Å². The monoisotopic (exact) mass is 263 g/mol. The van der Waals surface area contributed by atoms with E-state index < -0.39 is 0 Å². The minimum Gasteiger partial charge on any atom is -0.310 e. The lowest BCUT2D eigenvalue weighted by atomic mass is 9.77. The maximum Gasteiger partial charge on any atom is 0.126 e. The van der Waals surface area contributed by atoms with E-state index in [-0.39, 0.29) is 5.82 Å². The van der Waals surface area contributed by atoms with Crippen molar-refractivity contribution in [1.29, 1.82) is 0 Å². The Morgan fingerprint density at radius 3 is 2.53 bits per heavy atom. The molecule has 2 heteroatoms. The first-order chi connectivity index (χ1) is 9.11. The summed E-state index contributed by atoms with van der Waals surface area (Å²) >= 11 is 0. The van der Waals surface area contributed by atoms with Crippen LogP contribution in [0.25, 0.3) is 0 Å². The highest BCUT2D eigenvalue weighted by Crippen LogP contribution is 2.37. The molecule has 1 aliphatic rings. The maximum atomic E-state index is 13.8. The van der Waals surface area contributed by atoms with Gasteiger partial charge in [-0.05, 0) is 55.3 Å². The zero-order valence-electron chi connectivity index (χ0n) is 12.4. The van der Waals surface area contributed by atoms with Gasteiger partial charge in [-0.15, -0.1) is 0 Å². The summed E-state index contributed by atoms with van der Waals surface area (Å²) < 4.78 is 13.8. The summed E-state index contributed by atoms with van der Waals surface area (Å²) in [5, 5.41) is 3.56. The third kappa shape index (κ3) is 3.56. The fourth-order valence-corrected chi connectivity index (χ4v) is 3.20. The Kier molecular flexibility index (Phi) is 4.98. The first-order valence-corrected chi connectivity index (χ1v) is 7.61. The molecule has 0 heterocycles. The van der Waals surface area contributed by atoms with Crippen molar-refractivity contribution >= 4 is 0 Å². The van der Waals surface area contributed by atoms with Gasteiger partial charge in [0.15, 0.2) is 0 Å². The van der Waals surface area contributed by atoms with Gasteiger partial charge in [0.2, 0.25) is 0 Å². The van der Waals surface area contributed by atoms with Crippen LogP contribution in [0.1, 0.15) is 56.7 Å². The number of nitrogens with one attached hydrogen (secondary N) is 1. The molecule has 1 unspecified atom stereocenters. The van der Waals surface area contributed by atoms with Gasteiger partial charge in [0.05, 0.1) is 0 Å². The molecule has 0 aromatic heterocycles. The molecule has 0 saturated heterocycles. The third-order valence-corrected chi connectivity index (χ3v) is 4.51. The average Bonchev–Trinajstić information content (AvgIpc) is 2.41. The van der Waals surface area contributed by atoms with Gasteiger partial charge in [0, 0.05) is 6.04 Å². The summed E-state index contributed by atoms with van der Waals surface area (Å²) in [4.78, 5) is 0. The molecule has 1 N–H and O–H groups in total. The molecule has 1 saturated carbocycles. The smallest absolute Gasteiger partial charge is 0.126 e. The number of halogens is 1. The Morgan fingerprint density at radius 2 is 1.95 bits per heavy atom. The van der Waals surface area contributed by atoms with Crippen LogP contribution < -0.4 is 5.32 Å². The zero-order valence-corrected chi connectivity index (χ0v) is 12.4. The molecule has 0 spiro atoms. The lowest BCUT2D eigenvalue weighted by Crippen LogP contribution is -2.30. The molecule has 0 amide bonds. The summed E-state index contributed by atoms with van der Waals surface area (Å²) in [7, 11) is 0. The van der Waals surface area contributed by atoms with Crippen molar-refractivity contribution in [2.24, 2.45) is 11.8 Å². The van der Waals surface area contributed by atoms with Crippen LogP contribution in [0, 0.1) is 24.6 Å². The van der Waals surface area contributed by atoms with Gasteiger partial charge in [-0.3, -0.25) is 0 Å². The first-order valence-electron chi connectivity index (χ1n) is 7.61. The van der Waals surface area contributed by atoms with Gasteiger partial charge in [-0.25, -0.2) is 4.39 Å². The van der Waals surface area contributed by atoms with E-state index in [1.807, 2.05) is 13.0 Å². The van der Waals surface area contributed by atoms with Crippen LogP contribution in [0.15, 0.2) is 18.2 Å². The Labute approximate surface area is 116 Å². The molecule has 1 nitrogen and oxygen atoms in total. The van der Waals surface area contributed by atoms with Crippen LogP contribution >= 0.6 is 0 Å². The van der Waals surface area contributed by atoms with Gasteiger partial charge in [0.25, 0.3) is 0 Å². The molecule has 1 atom stereocenters. The van der Waals surface area contributed by atoms with Crippen LogP contribution in [0.3, 0.4) is 0 Å². The number of aryl methyl sites for hydroxylation is 1. The molecule has 106 valence electrons. The molecule has 19 heavy (non-hydrogen) atoms. The van der Waals surface area contributed by atoms with Crippen LogP contribution in [-0.2, 0) is 0 Å². The Bertz CT molecular complexity index is 408. The van der Waals surface area contributed by atoms with E-state index in [2.05, 4.69) is 25.2 Å². The van der Waals surface area contributed by atoms with Gasteiger partial charge in [-0.2, -0.15) is 0 Å². The zero-order chi connectivity index (χ0) is 13.8. The van der Waals surface area contributed by atoms with Gasteiger partial charge in [0.1, 0.15) is 5.82 Å². The molecule has 0 bridgehead atoms. The largest absolute Gasteiger partial charge is 0.310 e. The van der Waals surface area contributed by atoms with E-state index in [4.69, 9.17) is 0 Å². The van der Waals surface area contributed by atoms with E-state index in [1.165, 1.54) is 25.7 Å². The van der Waals surface area contributed by atoms with Gasteiger partial charge >= 0.3 is 0 Å². The number of hydrogen-bond donors (Lipinski definition) is 1. The van der Waals surface area contributed by atoms with Crippen molar-refractivity contribution in [3.05, 3.63) is 35.1 Å². The summed E-state index contributed by atoms with van der Waals surface area (Å²) in [6.45, 7) is 7.23. The molecule has 1 fully saturated rings. The number of rotatable bonds is 4. The van der Waals surface area contributed by atoms with E-state index >= 15 is 0 Å². The maximum absolute atomic E-state index is 13.8. The average molecular weight is 263 g/mol. The summed E-state index contributed by atoms with van der Waals surface area (Å²) in [5.74, 6) is 1.43. The van der Waals surface area contributed by atoms with E-state index in [9.17, 15) is 4.39 Å². The molecule has 1 aliphatic carbocycles. The van der Waals surface area contributed by atoms with Crippen LogP contribution in [0.5, 0.6) is 0 Å².